The number of aliphatic hydroxyl groups is 1. The first-order chi connectivity index (χ1) is 25.1. The first kappa shape index (κ1) is 44.0. The number of amides is 3. The Bertz CT molecular complexity index is 1450. The van der Waals surface area contributed by atoms with Crippen molar-refractivity contribution in [1.29, 1.82) is 0 Å². The van der Waals surface area contributed by atoms with Crippen LogP contribution in [0, 0.1) is 23.7 Å². The lowest BCUT2D eigenvalue weighted by Gasteiger charge is -2.34. The Labute approximate surface area is 319 Å². The predicted octanol–water partition coefficient (Wildman–Crippen LogP) is 5.56. The van der Waals surface area contributed by atoms with E-state index in [0.717, 1.165) is 31.4 Å². The van der Waals surface area contributed by atoms with Crippen molar-refractivity contribution in [2.75, 3.05) is 13.6 Å². The van der Waals surface area contributed by atoms with Crippen molar-refractivity contribution < 1.29 is 34.1 Å². The van der Waals surface area contributed by atoms with Gasteiger partial charge in [-0.15, -0.1) is 11.3 Å². The van der Waals surface area contributed by atoms with Gasteiger partial charge in [-0.1, -0.05) is 91.6 Å². The Morgan fingerprint density at radius 1 is 0.981 bits per heavy atom. The lowest BCUT2D eigenvalue weighted by Crippen LogP contribution is -2.57. The molecule has 0 bridgehead atoms. The molecule has 1 aromatic heterocycles. The van der Waals surface area contributed by atoms with Gasteiger partial charge in [0.1, 0.15) is 22.8 Å². The summed E-state index contributed by atoms with van der Waals surface area (Å²) in [6.45, 7) is 14.4. The Morgan fingerprint density at radius 3 is 2.28 bits per heavy atom. The van der Waals surface area contributed by atoms with E-state index in [1.165, 1.54) is 11.3 Å². The minimum Gasteiger partial charge on any atom is -0.481 e. The molecule has 1 aliphatic heterocycles. The van der Waals surface area contributed by atoms with Crippen LogP contribution < -0.4 is 16.0 Å². The van der Waals surface area contributed by atoms with E-state index in [1.807, 2.05) is 83.8 Å². The molecule has 12 nitrogen and oxygen atoms in total. The predicted molar refractivity (Wildman–Crippen MR) is 207 cm³/mol. The first-order valence-corrected chi connectivity index (χ1v) is 20.1. The van der Waals surface area contributed by atoms with Crippen LogP contribution in [0.1, 0.15) is 121 Å². The maximum atomic E-state index is 14.0. The number of carbonyl (C=O) groups is 4. The summed E-state index contributed by atoms with van der Waals surface area (Å²) < 4.78 is 6.21. The summed E-state index contributed by atoms with van der Waals surface area (Å²) in [6.07, 6.45) is 2.98. The lowest BCUT2D eigenvalue weighted by molar-refractivity contribution is -0.151. The van der Waals surface area contributed by atoms with Gasteiger partial charge in [-0.2, -0.15) is 0 Å². The van der Waals surface area contributed by atoms with Crippen LogP contribution in [0.25, 0.3) is 0 Å². The molecular formula is C40H63N5O7S. The zero-order valence-corrected chi connectivity index (χ0v) is 33.7. The maximum Gasteiger partial charge on any atom is 0.306 e. The van der Waals surface area contributed by atoms with Gasteiger partial charge >= 0.3 is 5.97 Å². The zero-order valence-electron chi connectivity index (χ0n) is 32.8. The molecule has 3 amide bonds. The fourth-order valence-corrected chi connectivity index (χ4v) is 7.49. The molecule has 0 saturated carbocycles. The highest BCUT2D eigenvalue weighted by Crippen LogP contribution is 2.31. The quantitative estimate of drug-likeness (QED) is 0.102. The zero-order chi connectivity index (χ0) is 39.2. The Morgan fingerprint density at radius 2 is 1.68 bits per heavy atom. The van der Waals surface area contributed by atoms with E-state index < -0.39 is 48.3 Å². The van der Waals surface area contributed by atoms with Crippen LogP contribution in [0.5, 0.6) is 0 Å². The second kappa shape index (κ2) is 21.5. The van der Waals surface area contributed by atoms with Crippen LogP contribution in [-0.4, -0.2) is 87.8 Å². The number of aliphatic hydroxyl groups excluding tert-OH is 1. The van der Waals surface area contributed by atoms with E-state index in [2.05, 4.69) is 20.9 Å². The van der Waals surface area contributed by atoms with Crippen molar-refractivity contribution in [2.45, 2.75) is 136 Å². The molecule has 296 valence electrons. The van der Waals surface area contributed by atoms with Crippen LogP contribution in [0.2, 0.25) is 0 Å². The summed E-state index contributed by atoms with van der Waals surface area (Å²) >= 11 is 1.23. The number of hydrogen-bond acceptors (Lipinski definition) is 9. The smallest absolute Gasteiger partial charge is 0.306 e. The number of likely N-dealkylation sites (N-methyl/N-ethyl adjacent to an activating group) is 1. The van der Waals surface area contributed by atoms with Gasteiger partial charge in [-0.3, -0.25) is 24.1 Å². The molecule has 3 rings (SSSR count). The molecule has 0 aliphatic carbocycles. The average Bonchev–Trinajstić information content (AvgIpc) is 3.60. The van der Waals surface area contributed by atoms with E-state index in [4.69, 9.17) is 4.74 Å². The number of carboxylic acid groups (broad SMARTS) is 1. The van der Waals surface area contributed by atoms with Crippen LogP contribution >= 0.6 is 11.3 Å². The second-order valence-corrected chi connectivity index (χ2v) is 16.5. The highest BCUT2D eigenvalue weighted by molar-refractivity contribution is 7.09. The summed E-state index contributed by atoms with van der Waals surface area (Å²) in [4.78, 5) is 59.3. The molecule has 5 N–H and O–H groups in total. The fourth-order valence-electron chi connectivity index (χ4n) is 6.64. The number of benzene rings is 1. The highest BCUT2D eigenvalue weighted by Gasteiger charge is 2.35. The summed E-state index contributed by atoms with van der Waals surface area (Å²) in [5.74, 6) is -2.43. The molecule has 8 atom stereocenters. The fraction of sp³-hybridized carbons (Fsp3) is 0.675. The molecule has 1 aliphatic rings. The largest absolute Gasteiger partial charge is 0.481 e. The third-order valence-corrected chi connectivity index (χ3v) is 11.1. The number of hydrogen-bond donors (Lipinski definition) is 5. The van der Waals surface area contributed by atoms with Crippen LogP contribution in [-0.2, 0) is 25.5 Å². The molecule has 1 saturated heterocycles. The van der Waals surface area contributed by atoms with Gasteiger partial charge in [0.2, 0.25) is 11.8 Å². The van der Waals surface area contributed by atoms with E-state index >= 15 is 0 Å². The third kappa shape index (κ3) is 14.1. The Kier molecular flexibility index (Phi) is 17.8. The second-order valence-electron chi connectivity index (χ2n) is 15.6. The first-order valence-electron chi connectivity index (χ1n) is 19.3. The van der Waals surface area contributed by atoms with Crippen LogP contribution in [0.15, 0.2) is 35.7 Å². The summed E-state index contributed by atoms with van der Waals surface area (Å²) in [6, 6.07) is 7.74. The Hall–Kier alpha value is -3.39. The number of likely N-dealkylation sites (tertiary alicyclic amines) is 1. The number of rotatable bonds is 21. The molecule has 2 heterocycles. The number of carbonyl (C=O) groups excluding carboxylic acids is 3. The topological polar surface area (TPSA) is 170 Å². The molecule has 2 aromatic rings. The van der Waals surface area contributed by atoms with Crippen LogP contribution in [0.4, 0.5) is 0 Å². The minimum atomic E-state index is -1.10. The maximum absolute atomic E-state index is 14.0. The van der Waals surface area contributed by atoms with Gasteiger partial charge in [0, 0.05) is 30.3 Å². The van der Waals surface area contributed by atoms with E-state index in [1.54, 1.807) is 12.3 Å². The monoisotopic (exact) mass is 757 g/mol. The van der Waals surface area contributed by atoms with Gasteiger partial charge in [-0.25, -0.2) is 4.98 Å². The Balaban J connectivity index is 1.82. The van der Waals surface area contributed by atoms with Gasteiger partial charge in [0.25, 0.3) is 5.91 Å². The van der Waals surface area contributed by atoms with Crippen molar-refractivity contribution >= 4 is 35.0 Å². The summed E-state index contributed by atoms with van der Waals surface area (Å²) in [7, 11) is 1.95. The summed E-state index contributed by atoms with van der Waals surface area (Å²) in [5, 5.41) is 31.9. The summed E-state index contributed by atoms with van der Waals surface area (Å²) in [5.41, 5.74) is 1.13. The molecule has 8 unspecified atom stereocenters. The van der Waals surface area contributed by atoms with Crippen molar-refractivity contribution in [3.8, 4) is 0 Å². The number of aromatic nitrogens is 1. The molecule has 0 radical (unpaired) electrons. The number of nitrogens with one attached hydrogen (secondary N) is 3. The standard InChI is InChI=1S/C40H63N5O7S/c1-9-26(6)35(44-37(48)32-17-13-14-18-45(32)8)38(49)42-30(25(4)5)22-33(52-34(46)19-24(2)3)39-43-31(23-53-39)36(47)41-29(20-27(7)40(50)51)21-28-15-11-10-12-16-28/h10-12,15-16,23-27,29-30,32-35,46H,9,13-14,17-22H2,1-8H3,(H,41,47)(H,42,49)(H,44,48)(H,50,51). The molecule has 0 spiro atoms. The number of aliphatic carboxylic acids is 1. The number of thiazole rings is 1. The molecular weight excluding hydrogens is 695 g/mol. The molecule has 53 heavy (non-hydrogen) atoms. The highest BCUT2D eigenvalue weighted by atomic mass is 32.1. The molecule has 1 fully saturated rings. The van der Waals surface area contributed by atoms with E-state index in [9.17, 15) is 29.4 Å². The molecule has 13 heteroatoms. The number of piperidine rings is 1. The van der Waals surface area contributed by atoms with E-state index in [-0.39, 0.29) is 54.1 Å². The average molecular weight is 758 g/mol. The SMILES string of the molecule is CCC(C)C(NC(=O)C1CCCCN1C)C(=O)NC(CC(OC(O)CC(C)C)c1nc(C(=O)NC(Cc2ccccc2)CC(C)C(=O)O)cs1)C(C)C. The van der Waals surface area contributed by atoms with Gasteiger partial charge in [0.15, 0.2) is 6.29 Å². The van der Waals surface area contributed by atoms with Crippen LogP contribution in [0.3, 0.4) is 0 Å². The number of carboxylic acids is 1. The van der Waals surface area contributed by atoms with Gasteiger partial charge < -0.3 is 30.9 Å². The van der Waals surface area contributed by atoms with Crippen molar-refractivity contribution in [3.63, 3.8) is 0 Å². The van der Waals surface area contributed by atoms with Crippen molar-refractivity contribution in [1.82, 2.24) is 25.8 Å². The number of nitrogens with zero attached hydrogens (tertiary/aromatic N) is 2. The third-order valence-electron chi connectivity index (χ3n) is 10.2. The van der Waals surface area contributed by atoms with Crippen molar-refractivity contribution in [3.05, 3.63) is 52.0 Å². The minimum absolute atomic E-state index is 0.0391. The van der Waals surface area contributed by atoms with Gasteiger partial charge in [0.05, 0.1) is 12.0 Å². The lowest BCUT2D eigenvalue weighted by atomic mass is 9.94. The normalized spacial score (nSPS) is 19.1. The number of ether oxygens (including phenoxy) is 1. The van der Waals surface area contributed by atoms with E-state index in [0.29, 0.717) is 24.3 Å². The molecule has 1 aromatic carbocycles. The van der Waals surface area contributed by atoms with Gasteiger partial charge in [-0.05, 0) is 62.6 Å². The van der Waals surface area contributed by atoms with Crippen molar-refractivity contribution in [2.24, 2.45) is 23.7 Å².